The number of carbonyl (C=O) groups excluding carboxylic acids is 1. The lowest BCUT2D eigenvalue weighted by Gasteiger charge is -2.11. The highest BCUT2D eigenvalue weighted by Gasteiger charge is 2.16. The predicted molar refractivity (Wildman–Crippen MR) is 92.4 cm³/mol. The number of nitrogen functional groups attached to an aromatic ring is 1. The van der Waals surface area contributed by atoms with Gasteiger partial charge in [-0.3, -0.25) is 4.79 Å². The number of benzene rings is 2. The molecule has 1 aromatic heterocycles. The van der Waals surface area contributed by atoms with Gasteiger partial charge in [-0.2, -0.15) is 0 Å². The third-order valence-corrected chi connectivity index (χ3v) is 3.72. The number of carbonyl (C=O) groups is 1. The fourth-order valence-corrected chi connectivity index (χ4v) is 2.61. The maximum absolute atomic E-state index is 13.8. The van der Waals surface area contributed by atoms with Crippen molar-refractivity contribution in [2.24, 2.45) is 0 Å². The van der Waals surface area contributed by atoms with E-state index in [2.05, 4.69) is 5.32 Å². The average molecular weight is 324 g/mol. The topological polar surface area (TPSA) is 68.3 Å². The molecule has 1 heterocycles. The van der Waals surface area contributed by atoms with Crippen molar-refractivity contribution in [2.45, 2.75) is 13.8 Å². The number of aryl methyl sites for hydroxylation is 2. The molecule has 0 saturated carbocycles. The van der Waals surface area contributed by atoms with Crippen molar-refractivity contribution in [3.63, 3.8) is 0 Å². The van der Waals surface area contributed by atoms with Crippen LogP contribution in [0.5, 0.6) is 0 Å². The number of hydrogen-bond acceptors (Lipinski definition) is 3. The number of hydrogen-bond donors (Lipinski definition) is 2. The van der Waals surface area contributed by atoms with E-state index >= 15 is 0 Å². The molecule has 4 nitrogen and oxygen atoms in total. The number of rotatable bonds is 3. The fourth-order valence-electron chi connectivity index (χ4n) is 2.61. The molecule has 3 aromatic rings. The van der Waals surface area contributed by atoms with Crippen molar-refractivity contribution >= 4 is 17.3 Å². The first kappa shape index (κ1) is 15.8. The minimum atomic E-state index is -0.434. The number of amides is 1. The Kier molecular flexibility index (Phi) is 4.08. The molecule has 0 radical (unpaired) electrons. The zero-order valence-electron chi connectivity index (χ0n) is 13.4. The molecule has 0 bridgehead atoms. The molecule has 2 aromatic carbocycles. The number of nitrogens with two attached hydrogens (primary N) is 1. The molecular weight excluding hydrogens is 307 g/mol. The van der Waals surface area contributed by atoms with E-state index in [1.54, 1.807) is 30.3 Å². The van der Waals surface area contributed by atoms with E-state index in [9.17, 15) is 9.18 Å². The first-order valence-electron chi connectivity index (χ1n) is 7.48. The van der Waals surface area contributed by atoms with Gasteiger partial charge in [0.2, 0.25) is 0 Å². The van der Waals surface area contributed by atoms with Crippen molar-refractivity contribution in [1.29, 1.82) is 0 Å². The third kappa shape index (κ3) is 3.01. The van der Waals surface area contributed by atoms with Crippen LogP contribution in [0.25, 0.3) is 11.3 Å². The molecule has 0 aliphatic carbocycles. The van der Waals surface area contributed by atoms with E-state index in [-0.39, 0.29) is 5.76 Å². The molecule has 122 valence electrons. The summed E-state index contributed by atoms with van der Waals surface area (Å²) in [6.07, 6.45) is 0. The zero-order chi connectivity index (χ0) is 17.3. The number of nitrogens with one attached hydrogen (secondary N) is 1. The second-order valence-corrected chi connectivity index (χ2v) is 5.64. The minimum absolute atomic E-state index is 0.0904. The third-order valence-electron chi connectivity index (χ3n) is 3.72. The molecule has 5 heteroatoms. The maximum Gasteiger partial charge on any atom is 0.291 e. The molecule has 0 aliphatic heterocycles. The number of anilines is 2. The van der Waals surface area contributed by atoms with Crippen LogP contribution in [0.2, 0.25) is 0 Å². The van der Waals surface area contributed by atoms with E-state index in [1.165, 1.54) is 12.1 Å². The lowest BCUT2D eigenvalue weighted by Crippen LogP contribution is -2.13. The minimum Gasteiger partial charge on any atom is -0.451 e. The quantitative estimate of drug-likeness (QED) is 0.695. The van der Waals surface area contributed by atoms with E-state index < -0.39 is 11.7 Å². The van der Waals surface area contributed by atoms with Crippen LogP contribution in [0.4, 0.5) is 15.8 Å². The van der Waals surface area contributed by atoms with Crippen LogP contribution < -0.4 is 11.1 Å². The summed E-state index contributed by atoms with van der Waals surface area (Å²) >= 11 is 0. The molecule has 24 heavy (non-hydrogen) atoms. The second kappa shape index (κ2) is 6.20. The van der Waals surface area contributed by atoms with Gasteiger partial charge in [0.15, 0.2) is 5.76 Å². The molecule has 0 spiro atoms. The van der Waals surface area contributed by atoms with Crippen LogP contribution in [0.15, 0.2) is 52.9 Å². The molecule has 0 saturated heterocycles. The number of halogens is 1. The van der Waals surface area contributed by atoms with Gasteiger partial charge < -0.3 is 15.5 Å². The molecule has 1 amide bonds. The molecule has 3 rings (SSSR count). The van der Waals surface area contributed by atoms with Gasteiger partial charge >= 0.3 is 0 Å². The maximum atomic E-state index is 13.8. The summed E-state index contributed by atoms with van der Waals surface area (Å²) in [6, 6.07) is 13.0. The van der Waals surface area contributed by atoms with Crippen molar-refractivity contribution in [3.05, 3.63) is 71.2 Å². The summed E-state index contributed by atoms with van der Waals surface area (Å²) in [5.74, 6) is -0.451. The molecule has 0 fully saturated rings. The Morgan fingerprint density at radius 3 is 2.58 bits per heavy atom. The highest BCUT2D eigenvalue weighted by atomic mass is 19.1. The summed E-state index contributed by atoms with van der Waals surface area (Å²) < 4.78 is 19.3. The van der Waals surface area contributed by atoms with Crippen LogP contribution in [0.3, 0.4) is 0 Å². The average Bonchev–Trinajstić information content (AvgIpc) is 3.01. The van der Waals surface area contributed by atoms with Gasteiger partial charge in [-0.05, 0) is 55.3 Å². The van der Waals surface area contributed by atoms with Crippen LogP contribution in [0.1, 0.15) is 21.7 Å². The predicted octanol–water partition coefficient (Wildman–Crippen LogP) is 4.54. The van der Waals surface area contributed by atoms with Gasteiger partial charge in [-0.1, -0.05) is 18.2 Å². The van der Waals surface area contributed by atoms with Gasteiger partial charge in [0.05, 0.1) is 16.9 Å². The van der Waals surface area contributed by atoms with Gasteiger partial charge in [0.25, 0.3) is 5.91 Å². The summed E-state index contributed by atoms with van der Waals surface area (Å²) in [6.45, 7) is 3.80. The Bertz CT molecular complexity index is 892. The van der Waals surface area contributed by atoms with Crippen molar-refractivity contribution in [1.82, 2.24) is 0 Å². The number of furan rings is 1. The zero-order valence-corrected chi connectivity index (χ0v) is 13.4. The van der Waals surface area contributed by atoms with Gasteiger partial charge in [-0.15, -0.1) is 0 Å². The lowest BCUT2D eigenvalue weighted by atomic mass is 10.1. The van der Waals surface area contributed by atoms with Gasteiger partial charge in [-0.25, -0.2) is 4.39 Å². The molecule has 0 atom stereocenters. The SMILES string of the molecule is Cc1cc(C)c(NC(=O)c2ccc(-c3ccccc3F)o2)c(N)c1. The summed E-state index contributed by atoms with van der Waals surface area (Å²) in [5.41, 5.74) is 9.20. The van der Waals surface area contributed by atoms with Crippen LogP contribution in [-0.2, 0) is 0 Å². The van der Waals surface area contributed by atoms with Crippen molar-refractivity contribution in [2.75, 3.05) is 11.1 Å². The Labute approximate surface area is 139 Å². The lowest BCUT2D eigenvalue weighted by molar-refractivity contribution is 0.0997. The smallest absolute Gasteiger partial charge is 0.291 e. The normalized spacial score (nSPS) is 10.6. The van der Waals surface area contributed by atoms with E-state index in [1.807, 2.05) is 19.9 Å². The Morgan fingerprint density at radius 1 is 1.12 bits per heavy atom. The first-order valence-corrected chi connectivity index (χ1v) is 7.48. The summed E-state index contributed by atoms with van der Waals surface area (Å²) in [5, 5.41) is 2.75. The first-order chi connectivity index (χ1) is 11.5. The fraction of sp³-hybridized carbons (Fsp3) is 0.105. The van der Waals surface area contributed by atoms with Gasteiger partial charge in [0, 0.05) is 0 Å². The van der Waals surface area contributed by atoms with Crippen molar-refractivity contribution in [3.8, 4) is 11.3 Å². The summed E-state index contributed by atoms with van der Waals surface area (Å²) in [7, 11) is 0. The van der Waals surface area contributed by atoms with E-state index in [0.717, 1.165) is 11.1 Å². The second-order valence-electron chi connectivity index (χ2n) is 5.64. The standard InChI is InChI=1S/C19H17FN2O2/c1-11-9-12(2)18(15(21)10-11)22-19(23)17-8-7-16(24-17)13-5-3-4-6-14(13)20/h3-10H,21H2,1-2H3,(H,22,23). The monoisotopic (exact) mass is 324 g/mol. The van der Waals surface area contributed by atoms with Crippen molar-refractivity contribution < 1.29 is 13.6 Å². The van der Waals surface area contributed by atoms with Crippen LogP contribution in [0, 0.1) is 19.7 Å². The molecular formula is C19H17FN2O2. The Hall–Kier alpha value is -3.08. The highest BCUT2D eigenvalue weighted by molar-refractivity contribution is 6.04. The molecule has 0 unspecified atom stereocenters. The van der Waals surface area contributed by atoms with Crippen LogP contribution >= 0.6 is 0 Å². The summed E-state index contributed by atoms with van der Waals surface area (Å²) in [4.78, 5) is 12.4. The highest BCUT2D eigenvalue weighted by Crippen LogP contribution is 2.28. The van der Waals surface area contributed by atoms with E-state index in [4.69, 9.17) is 10.2 Å². The van der Waals surface area contributed by atoms with E-state index in [0.29, 0.717) is 22.7 Å². The Morgan fingerprint density at radius 2 is 1.88 bits per heavy atom. The van der Waals surface area contributed by atoms with Gasteiger partial charge in [0.1, 0.15) is 11.6 Å². The Balaban J connectivity index is 1.86. The largest absolute Gasteiger partial charge is 0.451 e. The molecule has 0 aliphatic rings. The van der Waals surface area contributed by atoms with Crippen LogP contribution in [-0.4, -0.2) is 5.91 Å². The molecule has 3 N–H and O–H groups in total.